The van der Waals surface area contributed by atoms with Gasteiger partial charge in [0.05, 0.1) is 4.87 Å². The summed E-state index contributed by atoms with van der Waals surface area (Å²) in [6.07, 6.45) is 1.35. The Morgan fingerprint density at radius 1 is 1.15 bits per heavy atom. The Hall–Kier alpha value is -2.47. The number of carbonyl (C=O) groups is 2. The van der Waals surface area contributed by atoms with Crippen LogP contribution < -0.4 is 9.64 Å². The van der Waals surface area contributed by atoms with Crippen LogP contribution in [-0.4, -0.2) is 40.4 Å². The monoisotopic (exact) mass is 382 g/mol. The summed E-state index contributed by atoms with van der Waals surface area (Å²) in [5, 5.41) is 0. The van der Waals surface area contributed by atoms with E-state index in [4.69, 9.17) is 4.74 Å². The summed E-state index contributed by atoms with van der Waals surface area (Å²) in [5.74, 6) is 2.17. The number of carbonyl (C=O) groups excluding carboxylic acids is 2. The molecule has 2 aliphatic rings. The molecule has 0 spiro atoms. The molecule has 0 radical (unpaired) electrons. The third-order valence-corrected chi connectivity index (χ3v) is 6.77. The molecule has 2 amide bonds. The Labute approximate surface area is 163 Å². The van der Waals surface area contributed by atoms with Gasteiger partial charge in [-0.25, -0.2) is 0 Å². The van der Waals surface area contributed by atoms with Gasteiger partial charge in [0.25, 0.3) is 0 Å². The van der Waals surface area contributed by atoms with E-state index in [-0.39, 0.29) is 22.7 Å². The molecule has 6 heteroatoms. The number of amides is 2. The largest absolute Gasteiger partial charge is 0.457 e. The van der Waals surface area contributed by atoms with Crippen molar-refractivity contribution >= 4 is 29.3 Å². The van der Waals surface area contributed by atoms with Crippen LogP contribution in [0.2, 0.25) is 0 Å². The van der Waals surface area contributed by atoms with E-state index in [0.717, 1.165) is 17.9 Å². The first-order valence-corrected chi connectivity index (χ1v) is 10.0. The highest BCUT2D eigenvalue weighted by molar-refractivity contribution is 8.01. The van der Waals surface area contributed by atoms with Crippen molar-refractivity contribution in [1.29, 1.82) is 0 Å². The summed E-state index contributed by atoms with van der Waals surface area (Å²) in [7, 11) is 1.76. The van der Waals surface area contributed by atoms with Gasteiger partial charge >= 0.3 is 0 Å². The molecule has 2 aromatic rings. The van der Waals surface area contributed by atoms with Crippen LogP contribution in [0.4, 0.5) is 5.69 Å². The summed E-state index contributed by atoms with van der Waals surface area (Å²) in [5.41, 5.74) is 0.783. The Balaban J connectivity index is 1.47. The minimum absolute atomic E-state index is 0.0433. The van der Waals surface area contributed by atoms with Gasteiger partial charge in [0.15, 0.2) is 0 Å². The number of nitrogens with zero attached hydrogens (tertiary/aromatic N) is 2. The van der Waals surface area contributed by atoms with Crippen molar-refractivity contribution < 1.29 is 14.3 Å². The van der Waals surface area contributed by atoms with Crippen molar-refractivity contribution in [3.8, 4) is 11.5 Å². The summed E-state index contributed by atoms with van der Waals surface area (Å²) in [6, 6.07) is 16.6. The van der Waals surface area contributed by atoms with E-state index in [1.165, 1.54) is 0 Å². The van der Waals surface area contributed by atoms with Gasteiger partial charge in [-0.1, -0.05) is 18.2 Å². The van der Waals surface area contributed by atoms with Gasteiger partial charge in [-0.15, -0.1) is 11.8 Å². The molecule has 2 saturated heterocycles. The molecular formula is C21H22N2O3S. The van der Waals surface area contributed by atoms with Crippen LogP contribution >= 0.6 is 11.8 Å². The number of hydrogen-bond donors (Lipinski definition) is 0. The summed E-state index contributed by atoms with van der Waals surface area (Å²) in [4.78, 5) is 28.5. The predicted molar refractivity (Wildman–Crippen MR) is 107 cm³/mol. The van der Waals surface area contributed by atoms with Crippen molar-refractivity contribution in [3.05, 3.63) is 54.6 Å². The SMILES string of the molecule is CN(C(=O)C1CSC2(C)CCC(=O)N12)c1ccc(Oc2ccccc2)cc1. The number of hydrogen-bond acceptors (Lipinski definition) is 4. The molecule has 140 valence electrons. The lowest BCUT2D eigenvalue weighted by Gasteiger charge is -2.32. The number of anilines is 1. The molecule has 0 saturated carbocycles. The van der Waals surface area contributed by atoms with Crippen LogP contribution in [0.1, 0.15) is 19.8 Å². The second-order valence-electron chi connectivity index (χ2n) is 7.07. The van der Waals surface area contributed by atoms with Crippen molar-refractivity contribution in [2.75, 3.05) is 17.7 Å². The lowest BCUT2D eigenvalue weighted by molar-refractivity contribution is -0.136. The van der Waals surface area contributed by atoms with E-state index in [2.05, 4.69) is 6.92 Å². The first kappa shape index (κ1) is 17.9. The van der Waals surface area contributed by atoms with Crippen LogP contribution in [0.3, 0.4) is 0 Å². The normalized spacial score (nSPS) is 24.0. The predicted octanol–water partition coefficient (Wildman–Crippen LogP) is 3.90. The van der Waals surface area contributed by atoms with Crippen molar-refractivity contribution in [3.63, 3.8) is 0 Å². The Morgan fingerprint density at radius 3 is 2.52 bits per heavy atom. The van der Waals surface area contributed by atoms with Gasteiger partial charge < -0.3 is 14.5 Å². The van der Waals surface area contributed by atoms with Gasteiger partial charge in [0.2, 0.25) is 11.8 Å². The highest BCUT2D eigenvalue weighted by Gasteiger charge is 2.53. The average molecular weight is 382 g/mol. The number of ether oxygens (including phenoxy) is 1. The molecular weight excluding hydrogens is 360 g/mol. The van der Waals surface area contributed by atoms with E-state index < -0.39 is 0 Å². The fourth-order valence-corrected chi connectivity index (χ4v) is 5.14. The topological polar surface area (TPSA) is 49.9 Å². The Bertz CT molecular complexity index is 855. The van der Waals surface area contributed by atoms with Crippen LogP contribution in [0.5, 0.6) is 11.5 Å². The molecule has 2 aliphatic heterocycles. The number of thioether (sulfide) groups is 1. The molecule has 4 rings (SSSR count). The van der Waals surface area contributed by atoms with Crippen molar-refractivity contribution in [1.82, 2.24) is 4.90 Å². The maximum Gasteiger partial charge on any atom is 0.250 e. The van der Waals surface area contributed by atoms with E-state index >= 15 is 0 Å². The molecule has 2 heterocycles. The average Bonchev–Trinajstić information content (AvgIpc) is 3.18. The molecule has 0 aromatic heterocycles. The smallest absolute Gasteiger partial charge is 0.250 e. The molecule has 2 aromatic carbocycles. The highest BCUT2D eigenvalue weighted by atomic mass is 32.2. The van der Waals surface area contributed by atoms with Crippen LogP contribution in [0.25, 0.3) is 0 Å². The number of para-hydroxylation sites is 1. The van der Waals surface area contributed by atoms with Gasteiger partial charge in [-0.2, -0.15) is 0 Å². The van der Waals surface area contributed by atoms with Crippen LogP contribution in [-0.2, 0) is 9.59 Å². The number of rotatable bonds is 4. The van der Waals surface area contributed by atoms with Gasteiger partial charge in [0, 0.05) is 24.9 Å². The number of fused-ring (bicyclic) bond motifs is 1. The zero-order chi connectivity index (χ0) is 19.0. The summed E-state index contributed by atoms with van der Waals surface area (Å²) >= 11 is 1.71. The molecule has 2 atom stereocenters. The fraction of sp³-hybridized carbons (Fsp3) is 0.333. The molecule has 5 nitrogen and oxygen atoms in total. The van der Waals surface area contributed by atoms with Crippen molar-refractivity contribution in [2.24, 2.45) is 0 Å². The van der Waals surface area contributed by atoms with Gasteiger partial charge in [-0.3, -0.25) is 9.59 Å². The van der Waals surface area contributed by atoms with Gasteiger partial charge in [0.1, 0.15) is 17.5 Å². The van der Waals surface area contributed by atoms with Crippen LogP contribution in [0.15, 0.2) is 54.6 Å². The lowest BCUT2D eigenvalue weighted by Crippen LogP contribution is -2.50. The maximum absolute atomic E-state index is 13.0. The summed E-state index contributed by atoms with van der Waals surface area (Å²) in [6.45, 7) is 2.06. The van der Waals surface area contributed by atoms with E-state index in [9.17, 15) is 9.59 Å². The number of likely N-dealkylation sites (N-methyl/N-ethyl adjacent to an activating group) is 1. The molecule has 2 fully saturated rings. The zero-order valence-corrected chi connectivity index (χ0v) is 16.2. The van der Waals surface area contributed by atoms with E-state index in [1.807, 2.05) is 54.6 Å². The minimum Gasteiger partial charge on any atom is -0.457 e. The minimum atomic E-state index is -0.389. The van der Waals surface area contributed by atoms with E-state index in [1.54, 1.807) is 28.6 Å². The van der Waals surface area contributed by atoms with Crippen molar-refractivity contribution in [2.45, 2.75) is 30.7 Å². The second kappa shape index (κ2) is 6.93. The molecule has 2 unspecified atom stereocenters. The Morgan fingerprint density at radius 2 is 1.81 bits per heavy atom. The highest BCUT2D eigenvalue weighted by Crippen LogP contribution is 2.47. The first-order chi connectivity index (χ1) is 13.0. The third kappa shape index (κ3) is 3.30. The molecule has 0 N–H and O–H groups in total. The quantitative estimate of drug-likeness (QED) is 0.805. The van der Waals surface area contributed by atoms with Gasteiger partial charge in [-0.05, 0) is 49.7 Å². The third-order valence-electron chi connectivity index (χ3n) is 5.26. The number of benzene rings is 2. The lowest BCUT2D eigenvalue weighted by atomic mass is 10.2. The second-order valence-corrected chi connectivity index (χ2v) is 8.57. The van der Waals surface area contributed by atoms with E-state index in [0.29, 0.717) is 17.9 Å². The maximum atomic E-state index is 13.0. The standard InChI is InChI=1S/C21H22N2O3S/c1-21-13-12-19(24)23(21)18(14-27-21)20(25)22(2)15-8-10-17(11-9-15)26-16-6-4-3-5-7-16/h3-11,18H,12-14H2,1-2H3. The zero-order valence-electron chi connectivity index (χ0n) is 15.4. The fourth-order valence-electron chi connectivity index (χ4n) is 3.72. The molecule has 0 bridgehead atoms. The molecule has 27 heavy (non-hydrogen) atoms. The summed E-state index contributed by atoms with van der Waals surface area (Å²) < 4.78 is 5.80. The molecule has 0 aliphatic carbocycles. The Kier molecular flexibility index (Phi) is 4.60. The van der Waals surface area contributed by atoms with Crippen LogP contribution in [0, 0.1) is 0 Å². The first-order valence-electron chi connectivity index (χ1n) is 9.05.